The number of alkyl halides is 8. The van der Waals surface area contributed by atoms with Gasteiger partial charge in [0, 0.05) is 5.69 Å². The summed E-state index contributed by atoms with van der Waals surface area (Å²) in [6, 6.07) is 9.93. The highest BCUT2D eigenvalue weighted by Gasteiger charge is 2.78. The first-order valence-electron chi connectivity index (χ1n) is 6.63. The van der Waals surface area contributed by atoms with Gasteiger partial charge in [-0.25, -0.2) is 8.78 Å². The molecule has 0 radical (unpaired) electrons. The SMILES string of the molecule is O=C(Nc1ccc2ccccc2c1)C(F)(F)C(F)(F)C(F)(F)C(F)F. The van der Waals surface area contributed by atoms with Crippen LogP contribution in [0.15, 0.2) is 42.5 Å². The van der Waals surface area contributed by atoms with Crippen molar-refractivity contribution in [3.8, 4) is 0 Å². The van der Waals surface area contributed by atoms with E-state index in [9.17, 15) is 39.9 Å². The van der Waals surface area contributed by atoms with E-state index in [1.807, 2.05) is 0 Å². The van der Waals surface area contributed by atoms with Crippen molar-refractivity contribution in [3.05, 3.63) is 42.5 Å². The molecule has 2 aromatic rings. The minimum Gasteiger partial charge on any atom is -0.321 e. The largest absolute Gasteiger partial charge is 0.393 e. The van der Waals surface area contributed by atoms with Crippen molar-refractivity contribution in [1.82, 2.24) is 0 Å². The Labute approximate surface area is 135 Å². The van der Waals surface area contributed by atoms with E-state index in [1.165, 1.54) is 17.4 Å². The number of amides is 1. The molecule has 0 spiro atoms. The lowest BCUT2D eigenvalue weighted by Crippen LogP contribution is -2.61. The molecule has 0 saturated heterocycles. The van der Waals surface area contributed by atoms with Crippen LogP contribution in [0.3, 0.4) is 0 Å². The van der Waals surface area contributed by atoms with Crippen LogP contribution in [0, 0.1) is 0 Å². The van der Waals surface area contributed by atoms with Gasteiger partial charge in [-0.15, -0.1) is 0 Å². The molecule has 0 bridgehead atoms. The zero-order chi connectivity index (χ0) is 19.0. The average molecular weight is 371 g/mol. The van der Waals surface area contributed by atoms with Crippen molar-refractivity contribution in [1.29, 1.82) is 0 Å². The van der Waals surface area contributed by atoms with Crippen LogP contribution in [0.25, 0.3) is 10.8 Å². The third-order valence-corrected chi connectivity index (χ3v) is 3.38. The summed E-state index contributed by atoms with van der Waals surface area (Å²) in [6.45, 7) is 0. The summed E-state index contributed by atoms with van der Waals surface area (Å²) in [5, 5.41) is 2.41. The molecule has 0 aliphatic rings. The maximum atomic E-state index is 13.5. The number of rotatable bonds is 5. The molecule has 0 aromatic heterocycles. The molecule has 0 atom stereocenters. The van der Waals surface area contributed by atoms with Gasteiger partial charge in [-0.1, -0.05) is 30.3 Å². The highest BCUT2D eigenvalue weighted by Crippen LogP contribution is 2.48. The number of halogens is 8. The number of anilines is 1. The molecule has 0 aliphatic carbocycles. The van der Waals surface area contributed by atoms with Gasteiger partial charge in [0.2, 0.25) is 0 Å². The van der Waals surface area contributed by atoms with E-state index in [2.05, 4.69) is 0 Å². The van der Waals surface area contributed by atoms with Gasteiger partial charge < -0.3 is 5.32 Å². The van der Waals surface area contributed by atoms with Crippen molar-refractivity contribution in [2.75, 3.05) is 5.32 Å². The van der Waals surface area contributed by atoms with Gasteiger partial charge in [0.05, 0.1) is 0 Å². The number of hydrogen-bond donors (Lipinski definition) is 1. The Hall–Kier alpha value is -2.39. The first kappa shape index (κ1) is 18.9. The molecule has 0 aliphatic heterocycles. The number of carbonyl (C=O) groups excluding carboxylic acids is 1. The van der Waals surface area contributed by atoms with Crippen LogP contribution < -0.4 is 5.32 Å². The molecule has 1 amide bonds. The number of benzene rings is 2. The van der Waals surface area contributed by atoms with Crippen molar-refractivity contribution < 1.29 is 39.9 Å². The van der Waals surface area contributed by atoms with Crippen LogP contribution in [0.4, 0.5) is 40.8 Å². The molecule has 2 rings (SSSR count). The van der Waals surface area contributed by atoms with E-state index in [1.54, 1.807) is 18.2 Å². The van der Waals surface area contributed by atoms with Crippen molar-refractivity contribution in [2.24, 2.45) is 0 Å². The minimum absolute atomic E-state index is 0.389. The standard InChI is InChI=1S/C15H9F8NO/c16-11(17)13(18,19)15(22,23)14(20,21)12(25)24-10-6-5-8-3-1-2-4-9(8)7-10/h1-7,11H,(H,24,25). The van der Waals surface area contributed by atoms with E-state index >= 15 is 0 Å². The van der Waals surface area contributed by atoms with Gasteiger partial charge >= 0.3 is 30.1 Å². The second-order valence-corrected chi connectivity index (χ2v) is 5.09. The Balaban J connectivity index is 2.31. The number of hydrogen-bond acceptors (Lipinski definition) is 1. The van der Waals surface area contributed by atoms with Gasteiger partial charge in [-0.05, 0) is 22.9 Å². The van der Waals surface area contributed by atoms with Gasteiger partial charge in [0.25, 0.3) is 0 Å². The van der Waals surface area contributed by atoms with Gasteiger partial charge in [0.1, 0.15) is 0 Å². The van der Waals surface area contributed by atoms with E-state index < -0.39 is 30.1 Å². The van der Waals surface area contributed by atoms with E-state index in [-0.39, 0.29) is 5.69 Å². The molecule has 0 unspecified atom stereocenters. The summed E-state index contributed by atoms with van der Waals surface area (Å²) < 4.78 is 103. The summed E-state index contributed by atoms with van der Waals surface area (Å²) in [4.78, 5) is 11.4. The lowest BCUT2D eigenvalue weighted by atomic mass is 10.0. The molecule has 0 heterocycles. The topological polar surface area (TPSA) is 29.1 Å². The average Bonchev–Trinajstić information content (AvgIpc) is 2.54. The zero-order valence-corrected chi connectivity index (χ0v) is 12.1. The highest BCUT2D eigenvalue weighted by atomic mass is 19.4. The fraction of sp³-hybridized carbons (Fsp3) is 0.267. The van der Waals surface area contributed by atoms with Gasteiger partial charge in [0.15, 0.2) is 0 Å². The van der Waals surface area contributed by atoms with Crippen molar-refractivity contribution in [2.45, 2.75) is 24.2 Å². The third-order valence-electron chi connectivity index (χ3n) is 3.38. The Kier molecular flexibility index (Phi) is 4.67. The summed E-state index contributed by atoms with van der Waals surface area (Å²) in [5.74, 6) is -21.9. The number of nitrogens with one attached hydrogen (secondary N) is 1. The second kappa shape index (κ2) is 6.16. The predicted octanol–water partition coefficient (Wildman–Crippen LogP) is 4.95. The Morgan fingerprint density at radius 3 is 2.00 bits per heavy atom. The summed E-state index contributed by atoms with van der Waals surface area (Å²) in [7, 11) is 0. The van der Waals surface area contributed by atoms with Crippen LogP contribution in [0.5, 0.6) is 0 Å². The molecule has 136 valence electrons. The Morgan fingerprint density at radius 1 is 0.880 bits per heavy atom. The normalized spacial score (nSPS) is 13.3. The van der Waals surface area contributed by atoms with E-state index in [0.29, 0.717) is 10.8 Å². The van der Waals surface area contributed by atoms with E-state index in [0.717, 1.165) is 12.1 Å². The Morgan fingerprint density at radius 2 is 1.44 bits per heavy atom. The molecule has 2 nitrogen and oxygen atoms in total. The molecule has 0 saturated carbocycles. The van der Waals surface area contributed by atoms with Crippen molar-refractivity contribution >= 4 is 22.4 Å². The lowest BCUT2D eigenvalue weighted by molar-refractivity contribution is -0.326. The maximum Gasteiger partial charge on any atom is 0.393 e. The first-order chi connectivity index (χ1) is 11.4. The molecular formula is C15H9F8NO. The van der Waals surface area contributed by atoms with Crippen LogP contribution in [-0.2, 0) is 4.79 Å². The summed E-state index contributed by atoms with van der Waals surface area (Å²) in [5.41, 5.74) is -0.389. The molecule has 25 heavy (non-hydrogen) atoms. The van der Waals surface area contributed by atoms with E-state index in [4.69, 9.17) is 0 Å². The predicted molar refractivity (Wildman–Crippen MR) is 73.4 cm³/mol. The lowest BCUT2D eigenvalue weighted by Gasteiger charge is -2.31. The molecule has 0 fully saturated rings. The molecule has 2 aromatic carbocycles. The van der Waals surface area contributed by atoms with Crippen LogP contribution in [0.1, 0.15) is 0 Å². The van der Waals surface area contributed by atoms with Crippen LogP contribution in [-0.4, -0.2) is 30.1 Å². The van der Waals surface area contributed by atoms with Gasteiger partial charge in [-0.3, -0.25) is 4.79 Å². The smallest absolute Gasteiger partial charge is 0.321 e. The zero-order valence-electron chi connectivity index (χ0n) is 12.1. The van der Waals surface area contributed by atoms with Crippen LogP contribution >= 0.6 is 0 Å². The Bertz CT molecular complexity index is 790. The quantitative estimate of drug-likeness (QED) is 0.741. The second-order valence-electron chi connectivity index (χ2n) is 5.09. The number of carbonyl (C=O) groups is 1. The maximum absolute atomic E-state index is 13.5. The summed E-state index contributed by atoms with van der Waals surface area (Å²) >= 11 is 0. The minimum atomic E-state index is -6.59. The molecular weight excluding hydrogens is 362 g/mol. The van der Waals surface area contributed by atoms with Gasteiger partial charge in [-0.2, -0.15) is 26.3 Å². The van der Waals surface area contributed by atoms with Crippen LogP contribution in [0.2, 0.25) is 0 Å². The fourth-order valence-corrected chi connectivity index (χ4v) is 1.97. The monoisotopic (exact) mass is 371 g/mol. The molecule has 1 N–H and O–H groups in total. The first-order valence-corrected chi connectivity index (χ1v) is 6.63. The fourth-order valence-electron chi connectivity index (χ4n) is 1.97. The molecule has 10 heteroatoms. The summed E-state index contributed by atoms with van der Waals surface area (Å²) in [6.07, 6.45) is -5.08. The highest BCUT2D eigenvalue weighted by molar-refractivity contribution is 5.99. The van der Waals surface area contributed by atoms with Crippen molar-refractivity contribution in [3.63, 3.8) is 0 Å². The number of fused-ring (bicyclic) bond motifs is 1. The third kappa shape index (κ3) is 3.12.